The van der Waals surface area contributed by atoms with Crippen LogP contribution in [-0.4, -0.2) is 32.5 Å². The number of rotatable bonds is 8. The quantitative estimate of drug-likeness (QED) is 0.450. The van der Waals surface area contributed by atoms with Crippen LogP contribution in [0.5, 0.6) is 5.75 Å². The highest BCUT2D eigenvalue weighted by Gasteiger charge is 2.40. The lowest BCUT2D eigenvalue weighted by Gasteiger charge is -2.24. The van der Waals surface area contributed by atoms with E-state index >= 15 is 0 Å². The maximum absolute atomic E-state index is 13.1. The van der Waals surface area contributed by atoms with E-state index in [2.05, 4.69) is 4.84 Å². The second-order valence-electron chi connectivity index (χ2n) is 6.58. The lowest BCUT2D eigenvalue weighted by molar-refractivity contribution is -0.322. The number of alkyl halides is 3. The zero-order valence-corrected chi connectivity index (χ0v) is 17.9. The van der Waals surface area contributed by atoms with Gasteiger partial charge >= 0.3 is 12.3 Å². The summed E-state index contributed by atoms with van der Waals surface area (Å²) in [7, 11) is -4.98. The summed E-state index contributed by atoms with van der Waals surface area (Å²) in [5, 5.41) is 9.36. The highest BCUT2D eigenvalue weighted by molar-refractivity contribution is 7.92. The first-order chi connectivity index (χ1) is 15.5. The Balaban J connectivity index is 2.07. The van der Waals surface area contributed by atoms with Gasteiger partial charge in [0.2, 0.25) is 0 Å². The number of carbonyl (C=O) groups is 1. The summed E-state index contributed by atoms with van der Waals surface area (Å²) in [6.45, 7) is 1.69. The first-order valence-corrected chi connectivity index (χ1v) is 10.9. The van der Waals surface area contributed by atoms with Gasteiger partial charge in [-0.25, -0.2) is 4.79 Å². The molecule has 0 amide bonds. The number of nitrogens with zero attached hydrogens (tertiary/aromatic N) is 1. The van der Waals surface area contributed by atoms with Crippen molar-refractivity contribution in [3.8, 4) is 16.9 Å². The Morgan fingerprint density at radius 1 is 0.970 bits per heavy atom. The van der Waals surface area contributed by atoms with Crippen molar-refractivity contribution in [2.75, 3.05) is 11.1 Å². The van der Waals surface area contributed by atoms with Crippen molar-refractivity contribution in [1.29, 1.82) is 0 Å². The highest BCUT2D eigenvalue weighted by Crippen LogP contribution is 2.33. The summed E-state index contributed by atoms with van der Waals surface area (Å²) in [5.41, 5.74) is 0.452. The zero-order chi connectivity index (χ0) is 24.2. The lowest BCUT2D eigenvalue weighted by Crippen LogP contribution is -2.36. The van der Waals surface area contributed by atoms with Crippen molar-refractivity contribution in [2.24, 2.45) is 0 Å². The van der Waals surface area contributed by atoms with Crippen molar-refractivity contribution in [3.63, 3.8) is 0 Å². The molecule has 0 radical (unpaired) electrons. The molecule has 0 heterocycles. The number of hydrogen-bond donors (Lipinski definition) is 1. The number of halogens is 3. The van der Waals surface area contributed by atoms with Crippen LogP contribution in [0.2, 0.25) is 0 Å². The monoisotopic (exact) mass is 481 g/mol. The third-order valence-corrected chi connectivity index (χ3v) is 5.94. The Morgan fingerprint density at radius 2 is 1.58 bits per heavy atom. The second kappa shape index (κ2) is 9.51. The van der Waals surface area contributed by atoms with Crippen LogP contribution in [0.4, 0.5) is 18.9 Å². The molecule has 0 aliphatic heterocycles. The fourth-order valence-electron chi connectivity index (χ4n) is 2.95. The molecule has 0 spiro atoms. The van der Waals surface area contributed by atoms with Crippen LogP contribution in [0, 0.1) is 0 Å². The lowest BCUT2D eigenvalue weighted by atomic mass is 10.1. The SMILES string of the molecule is CCOc1ccc(S(=O)(=O)N(OC(F)(F)F)c2ccc(-c3ccccc3)cc2)cc1C(=O)O. The van der Waals surface area contributed by atoms with Crippen molar-refractivity contribution >= 4 is 21.7 Å². The van der Waals surface area contributed by atoms with Crippen LogP contribution in [0.3, 0.4) is 0 Å². The fraction of sp³-hybridized carbons (Fsp3) is 0.136. The van der Waals surface area contributed by atoms with E-state index in [1.54, 1.807) is 37.3 Å². The van der Waals surface area contributed by atoms with E-state index in [0.717, 1.165) is 29.8 Å². The molecule has 0 saturated heterocycles. The van der Waals surface area contributed by atoms with Crippen LogP contribution >= 0.6 is 0 Å². The molecule has 0 aliphatic rings. The standard InChI is InChI=1S/C22H18F3NO6S/c1-2-31-20-13-12-18(14-19(20)21(27)28)33(29,30)26(32-22(23,24)25)17-10-8-16(9-11-17)15-6-4-3-5-7-15/h3-14H,2H2,1H3,(H,27,28). The third kappa shape index (κ3) is 5.62. The Labute approximate surface area is 187 Å². The number of carboxylic acid groups (broad SMARTS) is 1. The van der Waals surface area contributed by atoms with Gasteiger partial charge in [0.25, 0.3) is 10.0 Å². The van der Waals surface area contributed by atoms with Gasteiger partial charge in [0.1, 0.15) is 11.3 Å². The van der Waals surface area contributed by atoms with E-state index in [4.69, 9.17) is 4.74 Å². The molecule has 3 aromatic carbocycles. The summed E-state index contributed by atoms with van der Waals surface area (Å²) >= 11 is 0. The van der Waals surface area contributed by atoms with Crippen LogP contribution in [0.1, 0.15) is 17.3 Å². The van der Waals surface area contributed by atoms with Crippen molar-refractivity contribution in [1.82, 2.24) is 0 Å². The topological polar surface area (TPSA) is 93.1 Å². The van der Waals surface area contributed by atoms with E-state index in [-0.39, 0.29) is 16.8 Å². The maximum atomic E-state index is 13.1. The minimum atomic E-state index is -5.34. The van der Waals surface area contributed by atoms with Crippen LogP contribution in [0.25, 0.3) is 11.1 Å². The van der Waals surface area contributed by atoms with E-state index in [1.807, 2.05) is 0 Å². The van der Waals surface area contributed by atoms with E-state index < -0.39 is 38.5 Å². The normalized spacial score (nSPS) is 11.8. The summed E-state index contributed by atoms with van der Waals surface area (Å²) in [6, 6.07) is 16.8. The molecule has 0 fully saturated rings. The second-order valence-corrected chi connectivity index (χ2v) is 8.33. The number of carboxylic acids is 1. The predicted molar refractivity (Wildman–Crippen MR) is 113 cm³/mol. The van der Waals surface area contributed by atoms with Gasteiger partial charge in [0, 0.05) is 0 Å². The minimum absolute atomic E-state index is 0.101. The number of hydrogen-bond acceptors (Lipinski definition) is 5. The Kier molecular flexibility index (Phi) is 6.94. The molecule has 0 saturated carbocycles. The average molecular weight is 481 g/mol. The molecule has 11 heteroatoms. The zero-order valence-electron chi connectivity index (χ0n) is 17.1. The van der Waals surface area contributed by atoms with Crippen LogP contribution in [-0.2, 0) is 14.9 Å². The molecule has 33 heavy (non-hydrogen) atoms. The first kappa shape index (κ1) is 24.1. The average Bonchev–Trinajstić information content (AvgIpc) is 2.78. The number of sulfonamides is 1. The van der Waals surface area contributed by atoms with Crippen LogP contribution in [0.15, 0.2) is 77.7 Å². The predicted octanol–water partition coefficient (Wildman–Crippen LogP) is 5.10. The van der Waals surface area contributed by atoms with Gasteiger partial charge in [0.15, 0.2) is 0 Å². The van der Waals surface area contributed by atoms with Crippen molar-refractivity contribution in [2.45, 2.75) is 18.2 Å². The smallest absolute Gasteiger partial charge is 0.493 e. The van der Waals surface area contributed by atoms with Gasteiger partial charge in [-0.1, -0.05) is 42.5 Å². The summed E-state index contributed by atoms with van der Waals surface area (Å²) in [6.07, 6.45) is -5.34. The molecule has 3 aromatic rings. The Bertz CT molecular complexity index is 1230. The molecule has 0 atom stereocenters. The fourth-order valence-corrected chi connectivity index (χ4v) is 4.23. The molecule has 174 valence electrons. The number of anilines is 1. The van der Waals surface area contributed by atoms with E-state index in [1.165, 1.54) is 12.1 Å². The molecular weight excluding hydrogens is 463 g/mol. The molecule has 0 aromatic heterocycles. The minimum Gasteiger partial charge on any atom is -0.493 e. The van der Waals surface area contributed by atoms with Gasteiger partial charge in [-0.15, -0.1) is 17.6 Å². The van der Waals surface area contributed by atoms with E-state index in [9.17, 15) is 31.5 Å². The van der Waals surface area contributed by atoms with Gasteiger partial charge in [0.05, 0.1) is 17.2 Å². The summed E-state index contributed by atoms with van der Waals surface area (Å²) in [4.78, 5) is 14.6. The van der Waals surface area contributed by atoms with Crippen LogP contribution < -0.4 is 9.21 Å². The largest absolute Gasteiger partial charge is 0.544 e. The third-order valence-electron chi connectivity index (χ3n) is 4.37. The van der Waals surface area contributed by atoms with Gasteiger partial charge in [-0.3, -0.25) is 0 Å². The number of aromatic carboxylic acids is 1. The van der Waals surface area contributed by atoms with Crippen molar-refractivity contribution in [3.05, 3.63) is 78.4 Å². The summed E-state index contributed by atoms with van der Waals surface area (Å²) in [5.74, 6) is -1.63. The molecule has 0 bridgehead atoms. The van der Waals surface area contributed by atoms with Gasteiger partial charge in [-0.05, 0) is 48.4 Å². The number of benzene rings is 3. The Hall–Kier alpha value is -3.57. The molecular formula is C22H18F3NO6S. The summed E-state index contributed by atoms with van der Waals surface area (Å²) < 4.78 is 70.3. The van der Waals surface area contributed by atoms with Gasteiger partial charge in [-0.2, -0.15) is 13.3 Å². The van der Waals surface area contributed by atoms with E-state index in [0.29, 0.717) is 11.6 Å². The molecule has 1 N–H and O–H groups in total. The molecule has 3 rings (SSSR count). The highest BCUT2D eigenvalue weighted by atomic mass is 32.2. The first-order valence-electron chi connectivity index (χ1n) is 9.50. The molecule has 7 nitrogen and oxygen atoms in total. The van der Waals surface area contributed by atoms with Gasteiger partial charge < -0.3 is 9.84 Å². The Morgan fingerprint density at radius 3 is 2.12 bits per heavy atom. The molecule has 0 unspecified atom stereocenters. The maximum Gasteiger partial charge on any atom is 0.544 e. The number of ether oxygens (including phenoxy) is 1. The van der Waals surface area contributed by atoms with Crippen molar-refractivity contribution < 1.29 is 41.1 Å². The molecule has 0 aliphatic carbocycles.